The molecule has 0 aromatic heterocycles. The lowest BCUT2D eigenvalue weighted by molar-refractivity contribution is -0.384. The summed E-state index contributed by atoms with van der Waals surface area (Å²) >= 11 is 0. The van der Waals surface area contributed by atoms with Crippen LogP contribution < -0.4 is 10.2 Å². The minimum atomic E-state index is -0.828. The maximum Gasteiger partial charge on any atom is 0.336 e. The Labute approximate surface area is 196 Å². The van der Waals surface area contributed by atoms with Gasteiger partial charge < -0.3 is 14.8 Å². The average molecular weight is 471 g/mol. The van der Waals surface area contributed by atoms with E-state index in [4.69, 9.17) is 15.0 Å². The van der Waals surface area contributed by atoms with Crippen molar-refractivity contribution < 1.29 is 24.0 Å². The molecule has 1 atom stereocenters. The number of non-ortho nitro benzene ring substituents is 1. The van der Waals surface area contributed by atoms with Crippen molar-refractivity contribution in [2.75, 3.05) is 26.4 Å². The maximum atomic E-state index is 13.3. The second kappa shape index (κ2) is 10.5. The number of carbonyl (C=O) groups excluding carboxylic acids is 2. The first kappa shape index (κ1) is 24.9. The van der Waals surface area contributed by atoms with E-state index in [1.54, 1.807) is 13.0 Å². The van der Waals surface area contributed by atoms with Crippen LogP contribution in [0, 0.1) is 21.1 Å². The molecule has 1 heterocycles. The van der Waals surface area contributed by atoms with Gasteiger partial charge in [0.1, 0.15) is 17.2 Å². The Balaban J connectivity index is 2.16. The van der Waals surface area contributed by atoms with Crippen molar-refractivity contribution in [1.82, 2.24) is 10.2 Å². The van der Waals surface area contributed by atoms with Crippen molar-refractivity contribution in [2.24, 2.45) is 10.5 Å². The molecule has 0 amide bonds. The number of nitro benzene ring substituents is 1. The molecular weight excluding hydrogens is 442 g/mol. The van der Waals surface area contributed by atoms with Crippen LogP contribution in [0.4, 0.5) is 5.69 Å². The van der Waals surface area contributed by atoms with Gasteiger partial charge in [0.15, 0.2) is 5.78 Å². The fourth-order valence-corrected chi connectivity index (χ4v) is 4.39. The number of nitro groups is 1. The summed E-state index contributed by atoms with van der Waals surface area (Å²) in [6, 6.07) is 5.97. The Morgan fingerprint density at radius 1 is 1.38 bits per heavy atom. The highest BCUT2D eigenvalue weighted by atomic mass is 16.6. The van der Waals surface area contributed by atoms with Crippen molar-refractivity contribution in [3.8, 4) is 0 Å². The van der Waals surface area contributed by atoms with E-state index in [1.165, 1.54) is 18.2 Å². The second-order valence-electron chi connectivity index (χ2n) is 8.87. The fourth-order valence-electron chi connectivity index (χ4n) is 4.39. The van der Waals surface area contributed by atoms with Crippen LogP contribution in [-0.4, -0.2) is 43.0 Å². The van der Waals surface area contributed by atoms with Crippen molar-refractivity contribution in [3.63, 3.8) is 0 Å². The van der Waals surface area contributed by atoms with Crippen LogP contribution in [0.5, 0.6) is 0 Å². The molecule has 0 saturated heterocycles. The summed E-state index contributed by atoms with van der Waals surface area (Å²) in [6.07, 6.45) is 0.852. The molecule has 2 N–H and O–H groups in total. The zero-order valence-electron chi connectivity index (χ0n) is 19.4. The summed E-state index contributed by atoms with van der Waals surface area (Å²) in [6.45, 7) is 6.13. The van der Waals surface area contributed by atoms with Crippen LogP contribution in [0.15, 0.2) is 51.9 Å². The Morgan fingerprint density at radius 2 is 2.15 bits per heavy atom. The first-order valence-corrected chi connectivity index (χ1v) is 11.0. The van der Waals surface area contributed by atoms with E-state index in [-0.39, 0.29) is 48.8 Å². The summed E-state index contributed by atoms with van der Waals surface area (Å²) in [7, 11) is 0. The van der Waals surface area contributed by atoms with Gasteiger partial charge in [-0.15, -0.1) is 0 Å². The van der Waals surface area contributed by atoms with Crippen molar-refractivity contribution in [2.45, 2.75) is 39.5 Å². The molecule has 0 spiro atoms. The van der Waals surface area contributed by atoms with Gasteiger partial charge >= 0.3 is 5.97 Å². The number of hydrogen-bond acceptors (Lipinski definition) is 9. The lowest BCUT2D eigenvalue weighted by atomic mass is 9.68. The third-order valence-corrected chi connectivity index (χ3v) is 5.69. The van der Waals surface area contributed by atoms with Crippen LogP contribution in [0.25, 0.3) is 0 Å². The van der Waals surface area contributed by atoms with Crippen molar-refractivity contribution >= 4 is 17.4 Å². The molecule has 11 heteroatoms. The molecule has 0 bridgehead atoms. The summed E-state index contributed by atoms with van der Waals surface area (Å²) < 4.78 is 11.0. The van der Waals surface area contributed by atoms with Gasteiger partial charge in [-0.25, -0.2) is 4.79 Å². The normalized spacial score (nSPS) is 19.1. The molecule has 1 unspecified atom stereocenters. The predicted molar refractivity (Wildman–Crippen MR) is 121 cm³/mol. The molecular formula is C23H28N5O6+. The Morgan fingerprint density at radius 3 is 2.82 bits per heavy atom. The van der Waals surface area contributed by atoms with E-state index in [0.717, 1.165) is 0 Å². The van der Waals surface area contributed by atoms with Gasteiger partial charge in [0.25, 0.3) is 5.69 Å². The van der Waals surface area contributed by atoms with Crippen molar-refractivity contribution in [1.29, 1.82) is 5.53 Å². The number of nitrogens with zero attached hydrogens (tertiary/aromatic N) is 3. The highest BCUT2D eigenvalue weighted by Crippen LogP contribution is 2.47. The minimum absolute atomic E-state index is 0.00149. The minimum Gasteiger partial charge on any atom is -0.463 e. The van der Waals surface area contributed by atoms with Gasteiger partial charge in [-0.3, -0.25) is 14.9 Å². The van der Waals surface area contributed by atoms with E-state index < -0.39 is 16.8 Å². The van der Waals surface area contributed by atoms with Crippen LogP contribution in [0.1, 0.15) is 45.1 Å². The molecule has 180 valence electrons. The Kier molecular flexibility index (Phi) is 7.70. The zero-order chi connectivity index (χ0) is 24.9. The molecule has 11 nitrogen and oxygen atoms in total. The van der Waals surface area contributed by atoms with E-state index in [0.29, 0.717) is 35.4 Å². The van der Waals surface area contributed by atoms with Gasteiger partial charge in [0, 0.05) is 35.7 Å². The van der Waals surface area contributed by atoms with E-state index in [2.05, 4.69) is 15.3 Å². The first-order valence-electron chi connectivity index (χ1n) is 11.0. The number of carbonyl (C=O) groups is 2. The van der Waals surface area contributed by atoms with Gasteiger partial charge in [0.2, 0.25) is 4.91 Å². The molecule has 34 heavy (non-hydrogen) atoms. The van der Waals surface area contributed by atoms with Crippen molar-refractivity contribution in [3.05, 3.63) is 62.5 Å². The number of rotatable bonds is 9. The number of dihydropyridines is 1. The summed E-state index contributed by atoms with van der Waals surface area (Å²) in [4.78, 5) is 40.3. The van der Waals surface area contributed by atoms with Gasteiger partial charge in [-0.1, -0.05) is 26.0 Å². The smallest absolute Gasteiger partial charge is 0.336 e. The van der Waals surface area contributed by atoms with Crippen LogP contribution in [-0.2, 0) is 19.1 Å². The van der Waals surface area contributed by atoms with E-state index >= 15 is 0 Å². The van der Waals surface area contributed by atoms with Gasteiger partial charge in [0.05, 0.1) is 36.0 Å². The third kappa shape index (κ3) is 5.44. The number of nitrogens with one attached hydrogen (secondary N) is 2. The monoisotopic (exact) mass is 470 g/mol. The number of hydrogen-bond donors (Lipinski definition) is 2. The summed E-state index contributed by atoms with van der Waals surface area (Å²) in [5, 5.41) is 18.2. The van der Waals surface area contributed by atoms with Crippen LogP contribution in [0.2, 0.25) is 0 Å². The quantitative estimate of drug-likeness (QED) is 0.140. The predicted octanol–water partition coefficient (Wildman–Crippen LogP) is 3.31. The molecule has 0 saturated carbocycles. The largest absolute Gasteiger partial charge is 0.463 e. The number of esters is 1. The highest BCUT2D eigenvalue weighted by Gasteiger charge is 2.44. The highest BCUT2D eigenvalue weighted by molar-refractivity contribution is 6.04. The van der Waals surface area contributed by atoms with Gasteiger partial charge in [-0.05, 0) is 24.3 Å². The van der Waals surface area contributed by atoms with Gasteiger partial charge in [-0.2, -0.15) is 0 Å². The molecule has 1 aliphatic heterocycles. The number of benzene rings is 1. The molecule has 3 rings (SSSR count). The van der Waals surface area contributed by atoms with E-state index in [1.807, 2.05) is 13.8 Å². The standard InChI is InChI=1S/C23H27N5O6/c1-4-34-22(30)21-17(13-33-9-8-25-27-24)26-16-11-23(2,3)12-18(29)20(16)19(21)14-6-5-7-15(10-14)28(31)32/h5-7,10,19,24H,4,8-9,11-13H2,1-3H3/p+1. The van der Waals surface area contributed by atoms with Crippen LogP contribution >= 0.6 is 0 Å². The van der Waals surface area contributed by atoms with Crippen LogP contribution in [0.3, 0.4) is 0 Å². The summed E-state index contributed by atoms with van der Waals surface area (Å²) in [5.74, 6) is -1.57. The molecule has 0 radical (unpaired) electrons. The number of ketones is 1. The lowest BCUT2D eigenvalue weighted by Gasteiger charge is -2.39. The molecule has 1 aromatic carbocycles. The number of allylic oxidation sites excluding steroid dienone is 2. The van der Waals surface area contributed by atoms with E-state index in [9.17, 15) is 19.7 Å². The SMILES string of the molecule is CCOC(=O)C1=C(COCCN=[N+]=N)NC2=C(C(=O)CC(C)(C)C2)C1c1cccc([N+](=O)[O-])c1. The number of ether oxygens (including phenoxy) is 2. The Bertz CT molecular complexity index is 1120. The molecule has 1 aliphatic carbocycles. The zero-order valence-corrected chi connectivity index (χ0v) is 19.4. The topological polar surface area (TPSA) is 158 Å². The number of Topliss-reactive ketones (excluding diaryl/α,β-unsaturated/α-hetero) is 1. The lowest BCUT2D eigenvalue weighted by Crippen LogP contribution is -2.40. The molecule has 2 aliphatic rings. The average Bonchev–Trinajstić information content (AvgIpc) is 2.77. The fraction of sp³-hybridized carbons (Fsp3) is 0.478. The third-order valence-electron chi connectivity index (χ3n) is 5.69. The Hall–Kier alpha value is -3.69. The molecule has 1 aromatic rings. The second-order valence-corrected chi connectivity index (χ2v) is 8.87. The summed E-state index contributed by atoms with van der Waals surface area (Å²) in [5.41, 5.74) is 8.48. The first-order chi connectivity index (χ1) is 16.2. The molecule has 0 fully saturated rings. The maximum absolute atomic E-state index is 13.3.